The highest BCUT2D eigenvalue weighted by Gasteiger charge is 2.05. The highest BCUT2D eigenvalue weighted by molar-refractivity contribution is 7.07. The molecule has 0 aliphatic rings. The smallest absolute Gasteiger partial charge is 0.0991 e. The predicted octanol–water partition coefficient (Wildman–Crippen LogP) is 3.47. The Morgan fingerprint density at radius 3 is 3.00 bits per heavy atom. The molecule has 0 spiro atoms. The van der Waals surface area contributed by atoms with E-state index in [-0.39, 0.29) is 6.04 Å². The molecule has 0 fully saturated rings. The molecule has 0 bridgehead atoms. The molecule has 0 saturated heterocycles. The number of benzene rings is 1. The molecule has 1 atom stereocenters. The molecule has 0 amide bonds. The lowest BCUT2D eigenvalue weighted by Gasteiger charge is -2.13. The molecule has 2 rings (SSSR count). The van der Waals surface area contributed by atoms with Crippen LogP contribution in [0.15, 0.2) is 41.1 Å². The van der Waals surface area contributed by atoms with E-state index in [0.717, 1.165) is 12.1 Å². The van der Waals surface area contributed by atoms with Crippen LogP contribution < -0.4 is 5.32 Å². The number of rotatable bonds is 4. The standard InChI is InChI=1S/C14H14N2S/c1-11(16-9-13-5-6-17-10-13)14-4-2-3-12(7-14)8-15/h2-7,10-11,16H,9H2,1H3. The molecule has 1 heterocycles. The van der Waals surface area contributed by atoms with E-state index in [4.69, 9.17) is 5.26 Å². The number of nitriles is 1. The minimum absolute atomic E-state index is 0.253. The van der Waals surface area contributed by atoms with Gasteiger partial charge in [0.15, 0.2) is 0 Å². The predicted molar refractivity (Wildman–Crippen MR) is 70.7 cm³/mol. The Hall–Kier alpha value is -1.63. The Labute approximate surface area is 106 Å². The maximum Gasteiger partial charge on any atom is 0.0991 e. The largest absolute Gasteiger partial charge is 0.306 e. The van der Waals surface area contributed by atoms with Crippen molar-refractivity contribution >= 4 is 11.3 Å². The quantitative estimate of drug-likeness (QED) is 0.891. The summed E-state index contributed by atoms with van der Waals surface area (Å²) in [6, 6.07) is 12.3. The second kappa shape index (κ2) is 5.62. The van der Waals surface area contributed by atoms with Crippen LogP contribution >= 0.6 is 11.3 Å². The molecule has 0 aliphatic heterocycles. The number of thiophene rings is 1. The van der Waals surface area contributed by atoms with Gasteiger partial charge in [0, 0.05) is 12.6 Å². The zero-order valence-corrected chi connectivity index (χ0v) is 10.5. The van der Waals surface area contributed by atoms with E-state index in [2.05, 4.69) is 35.1 Å². The van der Waals surface area contributed by atoms with Crippen LogP contribution in [0.5, 0.6) is 0 Å². The van der Waals surface area contributed by atoms with Gasteiger partial charge >= 0.3 is 0 Å². The van der Waals surface area contributed by atoms with Crippen molar-refractivity contribution < 1.29 is 0 Å². The first-order chi connectivity index (χ1) is 8.29. The minimum atomic E-state index is 0.253. The highest BCUT2D eigenvalue weighted by Crippen LogP contribution is 2.15. The van der Waals surface area contributed by atoms with Gasteiger partial charge in [-0.2, -0.15) is 16.6 Å². The Kier molecular flexibility index (Phi) is 3.92. The first kappa shape index (κ1) is 11.8. The molecule has 86 valence electrons. The van der Waals surface area contributed by atoms with E-state index in [1.54, 1.807) is 11.3 Å². The fourth-order valence-electron chi connectivity index (χ4n) is 1.66. The fourth-order valence-corrected chi connectivity index (χ4v) is 2.33. The van der Waals surface area contributed by atoms with Gasteiger partial charge in [0.25, 0.3) is 0 Å². The van der Waals surface area contributed by atoms with Crippen molar-refractivity contribution in [3.05, 3.63) is 57.8 Å². The number of nitrogens with one attached hydrogen (secondary N) is 1. The van der Waals surface area contributed by atoms with Crippen LogP contribution in [0, 0.1) is 11.3 Å². The summed E-state index contributed by atoms with van der Waals surface area (Å²) in [5.41, 5.74) is 3.17. The fraction of sp³-hybridized carbons (Fsp3) is 0.214. The van der Waals surface area contributed by atoms with Gasteiger partial charge in [-0.15, -0.1) is 0 Å². The molecule has 3 heteroatoms. The van der Waals surface area contributed by atoms with Crippen LogP contribution in [0.2, 0.25) is 0 Å². The molecule has 17 heavy (non-hydrogen) atoms. The van der Waals surface area contributed by atoms with Gasteiger partial charge in [0.05, 0.1) is 11.6 Å². The topological polar surface area (TPSA) is 35.8 Å². The summed E-state index contributed by atoms with van der Waals surface area (Å²) in [7, 11) is 0. The van der Waals surface area contributed by atoms with E-state index >= 15 is 0 Å². The van der Waals surface area contributed by atoms with Crippen molar-refractivity contribution in [1.29, 1.82) is 5.26 Å². The van der Waals surface area contributed by atoms with Crippen molar-refractivity contribution in [2.45, 2.75) is 19.5 Å². The average molecular weight is 242 g/mol. The van der Waals surface area contributed by atoms with Gasteiger partial charge in [0.1, 0.15) is 0 Å². The molecule has 0 aliphatic carbocycles. The van der Waals surface area contributed by atoms with Gasteiger partial charge in [-0.05, 0) is 47.0 Å². The summed E-state index contributed by atoms with van der Waals surface area (Å²) in [4.78, 5) is 0. The Morgan fingerprint density at radius 2 is 2.29 bits per heavy atom. The second-order valence-electron chi connectivity index (χ2n) is 3.97. The molecule has 2 nitrogen and oxygen atoms in total. The zero-order chi connectivity index (χ0) is 12.1. The van der Waals surface area contributed by atoms with E-state index in [1.807, 2.05) is 24.3 Å². The van der Waals surface area contributed by atoms with Gasteiger partial charge < -0.3 is 5.32 Å². The normalized spacial score (nSPS) is 12.0. The van der Waals surface area contributed by atoms with E-state index < -0.39 is 0 Å². The molecular weight excluding hydrogens is 228 g/mol. The zero-order valence-electron chi connectivity index (χ0n) is 9.68. The maximum atomic E-state index is 8.85. The third kappa shape index (κ3) is 3.16. The van der Waals surface area contributed by atoms with Gasteiger partial charge in [0.2, 0.25) is 0 Å². The van der Waals surface area contributed by atoms with Crippen molar-refractivity contribution in [1.82, 2.24) is 5.32 Å². The summed E-state index contributed by atoms with van der Waals surface area (Å²) >= 11 is 1.71. The van der Waals surface area contributed by atoms with Crippen LogP contribution in [-0.2, 0) is 6.54 Å². The van der Waals surface area contributed by atoms with Crippen LogP contribution in [0.4, 0.5) is 0 Å². The second-order valence-corrected chi connectivity index (χ2v) is 4.75. The minimum Gasteiger partial charge on any atom is -0.306 e. The molecule has 1 aromatic carbocycles. The Bertz CT molecular complexity index is 511. The SMILES string of the molecule is CC(NCc1ccsc1)c1cccc(C#N)c1. The van der Waals surface area contributed by atoms with Crippen LogP contribution in [0.3, 0.4) is 0 Å². The van der Waals surface area contributed by atoms with Gasteiger partial charge in [-0.3, -0.25) is 0 Å². The summed E-state index contributed by atoms with van der Waals surface area (Å²) in [5, 5.41) is 16.5. The van der Waals surface area contributed by atoms with Crippen molar-refractivity contribution in [2.75, 3.05) is 0 Å². The molecule has 0 radical (unpaired) electrons. The summed E-state index contributed by atoms with van der Waals surface area (Å²) in [5.74, 6) is 0. The van der Waals surface area contributed by atoms with Crippen molar-refractivity contribution in [2.24, 2.45) is 0 Å². The Morgan fingerprint density at radius 1 is 1.41 bits per heavy atom. The number of hydrogen-bond acceptors (Lipinski definition) is 3. The van der Waals surface area contributed by atoms with E-state index in [0.29, 0.717) is 5.56 Å². The summed E-state index contributed by atoms with van der Waals surface area (Å²) in [6.07, 6.45) is 0. The molecule has 1 aromatic heterocycles. The maximum absolute atomic E-state index is 8.85. The third-order valence-electron chi connectivity index (χ3n) is 2.71. The molecule has 1 N–H and O–H groups in total. The number of nitrogens with zero attached hydrogens (tertiary/aromatic N) is 1. The van der Waals surface area contributed by atoms with Gasteiger partial charge in [-0.1, -0.05) is 12.1 Å². The lowest BCUT2D eigenvalue weighted by molar-refractivity contribution is 0.575. The van der Waals surface area contributed by atoms with Crippen molar-refractivity contribution in [3.8, 4) is 6.07 Å². The van der Waals surface area contributed by atoms with Crippen LogP contribution in [0.1, 0.15) is 29.7 Å². The van der Waals surface area contributed by atoms with Crippen LogP contribution in [0.25, 0.3) is 0 Å². The third-order valence-corrected chi connectivity index (χ3v) is 3.44. The highest BCUT2D eigenvalue weighted by atomic mass is 32.1. The summed E-state index contributed by atoms with van der Waals surface area (Å²) < 4.78 is 0. The lowest BCUT2D eigenvalue weighted by Crippen LogP contribution is -2.17. The molecule has 1 unspecified atom stereocenters. The number of hydrogen-bond donors (Lipinski definition) is 1. The first-order valence-electron chi connectivity index (χ1n) is 5.54. The van der Waals surface area contributed by atoms with Gasteiger partial charge in [-0.25, -0.2) is 0 Å². The van der Waals surface area contributed by atoms with Crippen molar-refractivity contribution in [3.63, 3.8) is 0 Å². The average Bonchev–Trinajstić information content (AvgIpc) is 2.89. The first-order valence-corrected chi connectivity index (χ1v) is 6.48. The Balaban J connectivity index is 1.99. The van der Waals surface area contributed by atoms with E-state index in [9.17, 15) is 0 Å². The summed E-state index contributed by atoms with van der Waals surface area (Å²) in [6.45, 7) is 2.98. The molecule has 2 aromatic rings. The van der Waals surface area contributed by atoms with Crippen LogP contribution in [-0.4, -0.2) is 0 Å². The monoisotopic (exact) mass is 242 g/mol. The lowest BCUT2D eigenvalue weighted by atomic mass is 10.1. The molecular formula is C14H14N2S. The molecule has 0 saturated carbocycles. The van der Waals surface area contributed by atoms with E-state index in [1.165, 1.54) is 5.56 Å².